The predicted molar refractivity (Wildman–Crippen MR) is 82.5 cm³/mol. The van der Waals surface area contributed by atoms with E-state index in [0.29, 0.717) is 11.1 Å². The smallest absolute Gasteiger partial charge is 0.137 e. The first-order chi connectivity index (χ1) is 9.38. The Morgan fingerprint density at radius 2 is 2.10 bits per heavy atom. The summed E-state index contributed by atoms with van der Waals surface area (Å²) in [7, 11) is 0. The molecule has 0 amide bonds. The van der Waals surface area contributed by atoms with E-state index in [1.807, 2.05) is 6.92 Å². The van der Waals surface area contributed by atoms with Gasteiger partial charge >= 0.3 is 0 Å². The van der Waals surface area contributed by atoms with Gasteiger partial charge in [-0.1, -0.05) is 32.4 Å². The SMILES string of the molecule is Cc1c(Cl)nc(C(C)(C)C)nc1NCCC1CCOC1. The lowest BCUT2D eigenvalue weighted by atomic mass is 9.95. The number of hydrogen-bond donors (Lipinski definition) is 1. The quantitative estimate of drug-likeness (QED) is 0.863. The van der Waals surface area contributed by atoms with Crippen molar-refractivity contribution in [3.63, 3.8) is 0 Å². The zero-order valence-electron chi connectivity index (χ0n) is 12.8. The Morgan fingerprint density at radius 3 is 2.70 bits per heavy atom. The van der Waals surface area contributed by atoms with Gasteiger partial charge in [-0.15, -0.1) is 0 Å². The van der Waals surface area contributed by atoms with E-state index in [-0.39, 0.29) is 5.41 Å². The molecule has 1 unspecified atom stereocenters. The van der Waals surface area contributed by atoms with Crippen molar-refractivity contribution in [2.75, 3.05) is 25.1 Å². The van der Waals surface area contributed by atoms with Gasteiger partial charge in [-0.25, -0.2) is 9.97 Å². The highest BCUT2D eigenvalue weighted by Gasteiger charge is 2.21. The number of ether oxygens (including phenoxy) is 1. The molecular formula is C15H24ClN3O. The van der Waals surface area contributed by atoms with Crippen molar-refractivity contribution in [2.24, 2.45) is 5.92 Å². The summed E-state index contributed by atoms with van der Waals surface area (Å²) in [6, 6.07) is 0. The van der Waals surface area contributed by atoms with Gasteiger partial charge in [0.1, 0.15) is 16.8 Å². The van der Waals surface area contributed by atoms with Gasteiger partial charge < -0.3 is 10.1 Å². The maximum absolute atomic E-state index is 6.22. The van der Waals surface area contributed by atoms with Gasteiger partial charge in [-0.3, -0.25) is 0 Å². The Morgan fingerprint density at radius 1 is 1.35 bits per heavy atom. The number of nitrogens with one attached hydrogen (secondary N) is 1. The molecule has 112 valence electrons. The Balaban J connectivity index is 2.04. The van der Waals surface area contributed by atoms with E-state index in [1.54, 1.807) is 0 Å². The van der Waals surface area contributed by atoms with E-state index < -0.39 is 0 Å². The van der Waals surface area contributed by atoms with Crippen LogP contribution in [-0.2, 0) is 10.2 Å². The van der Waals surface area contributed by atoms with E-state index in [2.05, 4.69) is 36.1 Å². The summed E-state index contributed by atoms with van der Waals surface area (Å²) in [6.07, 6.45) is 2.27. The fraction of sp³-hybridized carbons (Fsp3) is 0.733. The van der Waals surface area contributed by atoms with Crippen LogP contribution in [0.3, 0.4) is 0 Å². The lowest BCUT2D eigenvalue weighted by Crippen LogP contribution is -2.19. The summed E-state index contributed by atoms with van der Waals surface area (Å²) in [5.41, 5.74) is 0.815. The van der Waals surface area contributed by atoms with Crippen molar-refractivity contribution in [2.45, 2.75) is 46.0 Å². The maximum Gasteiger partial charge on any atom is 0.137 e. The second-order valence-corrected chi connectivity index (χ2v) is 6.86. The van der Waals surface area contributed by atoms with Crippen molar-refractivity contribution in [1.82, 2.24) is 9.97 Å². The molecule has 1 aromatic heterocycles. The first-order valence-corrected chi connectivity index (χ1v) is 7.62. The summed E-state index contributed by atoms with van der Waals surface area (Å²) in [6.45, 7) is 10.9. The number of hydrogen-bond acceptors (Lipinski definition) is 4. The molecule has 0 saturated carbocycles. The molecular weight excluding hydrogens is 274 g/mol. The topological polar surface area (TPSA) is 47.0 Å². The van der Waals surface area contributed by atoms with Crippen molar-refractivity contribution in [3.8, 4) is 0 Å². The highest BCUT2D eigenvalue weighted by Crippen LogP contribution is 2.26. The van der Waals surface area contributed by atoms with Crippen LogP contribution in [0, 0.1) is 12.8 Å². The average molecular weight is 298 g/mol. The Hall–Kier alpha value is -0.870. The van der Waals surface area contributed by atoms with E-state index in [4.69, 9.17) is 16.3 Å². The molecule has 2 rings (SSSR count). The lowest BCUT2D eigenvalue weighted by molar-refractivity contribution is 0.185. The van der Waals surface area contributed by atoms with Crippen LogP contribution in [0.25, 0.3) is 0 Å². The van der Waals surface area contributed by atoms with Crippen LogP contribution in [-0.4, -0.2) is 29.7 Å². The van der Waals surface area contributed by atoms with Gasteiger partial charge in [0.25, 0.3) is 0 Å². The zero-order valence-corrected chi connectivity index (χ0v) is 13.5. The second-order valence-electron chi connectivity index (χ2n) is 6.51. The molecule has 0 aliphatic carbocycles. The van der Waals surface area contributed by atoms with Gasteiger partial charge in [0, 0.05) is 30.7 Å². The summed E-state index contributed by atoms with van der Waals surface area (Å²) >= 11 is 6.22. The van der Waals surface area contributed by atoms with Crippen LogP contribution in [0.4, 0.5) is 5.82 Å². The average Bonchev–Trinajstić information content (AvgIpc) is 2.86. The number of halogens is 1. The van der Waals surface area contributed by atoms with Gasteiger partial charge in [0.05, 0.1) is 0 Å². The largest absolute Gasteiger partial charge is 0.381 e. The molecule has 20 heavy (non-hydrogen) atoms. The molecule has 1 aliphatic heterocycles. The molecule has 1 atom stereocenters. The summed E-state index contributed by atoms with van der Waals surface area (Å²) < 4.78 is 5.39. The molecule has 1 saturated heterocycles. The minimum Gasteiger partial charge on any atom is -0.381 e. The van der Waals surface area contributed by atoms with Crippen LogP contribution in [0.5, 0.6) is 0 Å². The molecule has 2 heterocycles. The molecule has 0 spiro atoms. The highest BCUT2D eigenvalue weighted by atomic mass is 35.5. The van der Waals surface area contributed by atoms with Crippen molar-refractivity contribution >= 4 is 17.4 Å². The molecule has 0 aromatic carbocycles. The number of nitrogens with zero attached hydrogens (tertiary/aromatic N) is 2. The number of anilines is 1. The van der Waals surface area contributed by atoms with Crippen LogP contribution >= 0.6 is 11.6 Å². The third-order valence-electron chi connectivity index (χ3n) is 3.63. The van der Waals surface area contributed by atoms with E-state index in [9.17, 15) is 0 Å². The minimum atomic E-state index is -0.104. The lowest BCUT2D eigenvalue weighted by Gasteiger charge is -2.19. The first kappa shape index (κ1) is 15.5. The fourth-order valence-corrected chi connectivity index (χ4v) is 2.37. The summed E-state index contributed by atoms with van der Waals surface area (Å²) in [5.74, 6) is 2.30. The highest BCUT2D eigenvalue weighted by molar-refractivity contribution is 6.30. The van der Waals surface area contributed by atoms with Crippen LogP contribution in [0.2, 0.25) is 5.15 Å². The van der Waals surface area contributed by atoms with Crippen molar-refractivity contribution in [3.05, 3.63) is 16.5 Å². The summed E-state index contributed by atoms with van der Waals surface area (Å²) in [4.78, 5) is 9.02. The number of rotatable bonds is 4. The van der Waals surface area contributed by atoms with E-state index in [1.165, 1.54) is 6.42 Å². The monoisotopic (exact) mass is 297 g/mol. The third kappa shape index (κ3) is 3.83. The number of aromatic nitrogens is 2. The first-order valence-electron chi connectivity index (χ1n) is 7.24. The summed E-state index contributed by atoms with van der Waals surface area (Å²) in [5, 5.41) is 3.94. The van der Waals surface area contributed by atoms with Gasteiger partial charge in [0.2, 0.25) is 0 Å². The maximum atomic E-state index is 6.22. The fourth-order valence-electron chi connectivity index (χ4n) is 2.20. The van der Waals surface area contributed by atoms with Crippen molar-refractivity contribution < 1.29 is 4.74 Å². The van der Waals surface area contributed by atoms with Crippen molar-refractivity contribution in [1.29, 1.82) is 0 Å². The molecule has 1 aliphatic rings. The third-order valence-corrected chi connectivity index (χ3v) is 3.99. The van der Waals surface area contributed by atoms with Gasteiger partial charge in [-0.2, -0.15) is 0 Å². The Bertz CT molecular complexity index is 465. The minimum absolute atomic E-state index is 0.104. The van der Waals surface area contributed by atoms with Crippen LogP contribution in [0.1, 0.15) is 45.0 Å². The second kappa shape index (κ2) is 6.27. The Kier molecular flexibility index (Phi) is 4.86. The zero-order chi connectivity index (χ0) is 14.8. The normalized spacial score (nSPS) is 19.4. The van der Waals surface area contributed by atoms with Gasteiger partial charge in [-0.05, 0) is 25.7 Å². The molecule has 5 heteroatoms. The van der Waals surface area contributed by atoms with E-state index >= 15 is 0 Å². The molecule has 0 bridgehead atoms. The molecule has 4 nitrogen and oxygen atoms in total. The standard InChI is InChI=1S/C15H24ClN3O/c1-10-12(16)18-14(15(2,3)4)19-13(10)17-7-5-11-6-8-20-9-11/h11H,5-9H2,1-4H3,(H,17,18,19). The van der Waals surface area contributed by atoms with Crippen LogP contribution in [0.15, 0.2) is 0 Å². The van der Waals surface area contributed by atoms with Crippen LogP contribution < -0.4 is 5.32 Å². The molecule has 1 N–H and O–H groups in total. The van der Waals surface area contributed by atoms with E-state index in [0.717, 1.165) is 43.4 Å². The molecule has 0 radical (unpaired) electrons. The van der Waals surface area contributed by atoms with Gasteiger partial charge in [0.15, 0.2) is 0 Å². The Labute approximate surface area is 126 Å². The molecule has 1 fully saturated rings. The molecule has 1 aromatic rings. The predicted octanol–water partition coefficient (Wildman–Crippen LogP) is 3.57.